The van der Waals surface area contributed by atoms with E-state index in [4.69, 9.17) is 4.99 Å². The molecular weight excluding hydrogens is 487 g/mol. The van der Waals surface area contributed by atoms with Gasteiger partial charge in [-0.15, -0.1) is 34.2 Å². The highest BCUT2D eigenvalue weighted by Gasteiger charge is 2.21. The molecule has 2 heterocycles. The Morgan fingerprint density at radius 1 is 1.20 bits per heavy atom. The summed E-state index contributed by atoms with van der Waals surface area (Å²) in [5.74, 6) is 3.50. The molecule has 7 heteroatoms. The van der Waals surface area contributed by atoms with E-state index in [1.54, 1.807) is 0 Å². The van der Waals surface area contributed by atoms with Gasteiger partial charge >= 0.3 is 0 Å². The Morgan fingerprint density at radius 2 is 2.00 bits per heavy atom. The Hall–Kier alpha value is -2.16. The van der Waals surface area contributed by atoms with Crippen LogP contribution in [0, 0.1) is 12.8 Å². The van der Waals surface area contributed by atoms with Crippen molar-refractivity contribution in [1.82, 2.24) is 25.4 Å². The Labute approximate surface area is 195 Å². The van der Waals surface area contributed by atoms with Gasteiger partial charge in [0, 0.05) is 26.1 Å². The quantitative estimate of drug-likeness (QED) is 0.302. The minimum Gasteiger partial charge on any atom is -0.357 e. The highest BCUT2D eigenvalue weighted by molar-refractivity contribution is 14.0. The summed E-state index contributed by atoms with van der Waals surface area (Å²) < 4.78 is 2.24. The predicted octanol–water partition coefficient (Wildman–Crippen LogP) is 4.24. The molecule has 1 aliphatic rings. The van der Waals surface area contributed by atoms with Crippen molar-refractivity contribution in [3.8, 4) is 0 Å². The van der Waals surface area contributed by atoms with Gasteiger partial charge in [0.1, 0.15) is 11.6 Å². The summed E-state index contributed by atoms with van der Waals surface area (Å²) in [5, 5.41) is 18.0. The van der Waals surface area contributed by atoms with Crippen molar-refractivity contribution in [2.24, 2.45) is 10.9 Å². The van der Waals surface area contributed by atoms with E-state index in [-0.39, 0.29) is 30.0 Å². The summed E-state index contributed by atoms with van der Waals surface area (Å²) in [6.07, 6.45) is 2.10. The summed E-state index contributed by atoms with van der Waals surface area (Å²) in [4.78, 5) is 4.89. The Morgan fingerprint density at radius 3 is 2.80 bits per heavy atom. The van der Waals surface area contributed by atoms with Crippen molar-refractivity contribution in [2.75, 3.05) is 13.1 Å². The van der Waals surface area contributed by atoms with Gasteiger partial charge in [0.2, 0.25) is 0 Å². The van der Waals surface area contributed by atoms with E-state index in [2.05, 4.69) is 81.7 Å². The Balaban J connectivity index is 0.00000256. The van der Waals surface area contributed by atoms with Crippen LogP contribution in [0.4, 0.5) is 0 Å². The molecule has 0 amide bonds. The summed E-state index contributed by atoms with van der Waals surface area (Å²) in [6.45, 7) is 8.92. The van der Waals surface area contributed by atoms with E-state index in [1.807, 2.05) is 6.92 Å². The summed E-state index contributed by atoms with van der Waals surface area (Å²) in [6, 6.07) is 15.3. The first-order chi connectivity index (χ1) is 14.1. The van der Waals surface area contributed by atoms with Crippen LogP contribution in [0.1, 0.15) is 43.5 Å². The molecule has 1 aromatic heterocycles. The fourth-order valence-corrected chi connectivity index (χ4v) is 3.98. The molecule has 0 saturated carbocycles. The highest BCUT2D eigenvalue weighted by Crippen LogP contribution is 2.21. The van der Waals surface area contributed by atoms with E-state index in [0.717, 1.165) is 50.1 Å². The molecule has 4 rings (SSSR count). The number of halogens is 1. The monoisotopic (exact) mass is 518 g/mol. The molecule has 0 aliphatic carbocycles. The standard InChI is InChI=1S/C23H30N6.HI/c1-4-24-23(25-14-18-9-12-22-28-27-17(3)29(22)15-18)26-16(2)20-11-10-19-7-5-6-8-21(19)13-20;/h5-8,10-11,13,16,18H,4,9,12,14-15H2,1-3H3,(H2,24,25,26);1H. The van der Waals surface area contributed by atoms with Crippen molar-refractivity contribution >= 4 is 40.7 Å². The lowest BCUT2D eigenvalue weighted by molar-refractivity contribution is 0.369. The molecule has 160 valence electrons. The van der Waals surface area contributed by atoms with Crippen molar-refractivity contribution in [3.63, 3.8) is 0 Å². The zero-order valence-corrected chi connectivity index (χ0v) is 20.3. The molecule has 0 radical (unpaired) electrons. The third-order valence-electron chi connectivity index (χ3n) is 5.71. The van der Waals surface area contributed by atoms with Gasteiger partial charge in [-0.1, -0.05) is 36.4 Å². The molecule has 30 heavy (non-hydrogen) atoms. The van der Waals surface area contributed by atoms with E-state index in [0.29, 0.717) is 5.92 Å². The molecule has 0 spiro atoms. The average molecular weight is 518 g/mol. The first-order valence-corrected chi connectivity index (χ1v) is 10.6. The summed E-state index contributed by atoms with van der Waals surface area (Å²) >= 11 is 0. The molecule has 2 unspecified atom stereocenters. The molecule has 1 aliphatic heterocycles. The molecule has 2 N–H and O–H groups in total. The Bertz CT molecular complexity index is 1010. The van der Waals surface area contributed by atoms with Crippen LogP contribution in [0.2, 0.25) is 0 Å². The second kappa shape index (κ2) is 10.2. The number of guanidine groups is 1. The zero-order valence-electron chi connectivity index (χ0n) is 17.9. The lowest BCUT2D eigenvalue weighted by atomic mass is 9.99. The lowest BCUT2D eigenvalue weighted by Crippen LogP contribution is -2.39. The van der Waals surface area contributed by atoms with Gasteiger partial charge in [0.25, 0.3) is 0 Å². The fourth-order valence-electron chi connectivity index (χ4n) is 3.98. The number of hydrogen-bond acceptors (Lipinski definition) is 3. The van der Waals surface area contributed by atoms with Gasteiger partial charge in [-0.05, 0) is 55.5 Å². The number of rotatable bonds is 5. The van der Waals surface area contributed by atoms with Gasteiger partial charge in [-0.2, -0.15) is 0 Å². The molecule has 0 saturated heterocycles. The molecule has 0 fully saturated rings. The van der Waals surface area contributed by atoms with Crippen LogP contribution in [0.15, 0.2) is 47.5 Å². The second-order valence-corrected chi connectivity index (χ2v) is 7.87. The maximum Gasteiger partial charge on any atom is 0.191 e. The minimum atomic E-state index is 0. The number of benzene rings is 2. The van der Waals surface area contributed by atoms with Gasteiger partial charge in [0.15, 0.2) is 5.96 Å². The van der Waals surface area contributed by atoms with E-state index in [9.17, 15) is 0 Å². The van der Waals surface area contributed by atoms with Gasteiger partial charge in [0.05, 0.1) is 6.04 Å². The lowest BCUT2D eigenvalue weighted by Gasteiger charge is -2.23. The number of aryl methyl sites for hydroxylation is 2. The topological polar surface area (TPSA) is 67.1 Å². The minimum absolute atomic E-state index is 0. The van der Waals surface area contributed by atoms with Crippen molar-refractivity contribution in [1.29, 1.82) is 0 Å². The summed E-state index contributed by atoms with van der Waals surface area (Å²) in [7, 11) is 0. The van der Waals surface area contributed by atoms with Crippen molar-refractivity contribution in [2.45, 2.75) is 46.2 Å². The van der Waals surface area contributed by atoms with Gasteiger partial charge < -0.3 is 15.2 Å². The third-order valence-corrected chi connectivity index (χ3v) is 5.71. The van der Waals surface area contributed by atoms with E-state index in [1.165, 1.54) is 16.3 Å². The SMILES string of the molecule is CCNC(=NCC1CCc2nnc(C)n2C1)NC(C)c1ccc2ccccc2c1.I. The highest BCUT2D eigenvalue weighted by atomic mass is 127. The molecule has 2 aromatic carbocycles. The predicted molar refractivity (Wildman–Crippen MR) is 133 cm³/mol. The largest absolute Gasteiger partial charge is 0.357 e. The molecule has 2 atom stereocenters. The van der Waals surface area contributed by atoms with Gasteiger partial charge in [-0.3, -0.25) is 4.99 Å². The Kier molecular flexibility index (Phi) is 7.69. The van der Waals surface area contributed by atoms with E-state index < -0.39 is 0 Å². The fraction of sp³-hybridized carbons (Fsp3) is 0.435. The maximum absolute atomic E-state index is 4.89. The maximum atomic E-state index is 4.89. The molecular formula is C23H31IN6. The number of nitrogens with one attached hydrogen (secondary N) is 2. The number of hydrogen-bond donors (Lipinski definition) is 2. The first-order valence-electron chi connectivity index (χ1n) is 10.6. The van der Waals surface area contributed by atoms with Crippen LogP contribution >= 0.6 is 24.0 Å². The van der Waals surface area contributed by atoms with E-state index >= 15 is 0 Å². The molecule has 0 bridgehead atoms. The zero-order chi connectivity index (χ0) is 20.2. The number of nitrogens with zero attached hydrogens (tertiary/aromatic N) is 4. The number of aliphatic imine (C=N–C) groups is 1. The van der Waals surface area contributed by atoms with Crippen molar-refractivity contribution in [3.05, 3.63) is 59.7 Å². The average Bonchev–Trinajstić information content (AvgIpc) is 3.12. The molecule has 3 aromatic rings. The van der Waals surface area contributed by atoms with Crippen LogP contribution in [-0.4, -0.2) is 33.8 Å². The second-order valence-electron chi connectivity index (χ2n) is 7.87. The van der Waals surface area contributed by atoms with Crippen LogP contribution in [-0.2, 0) is 13.0 Å². The first kappa shape index (κ1) is 22.5. The van der Waals surface area contributed by atoms with Crippen LogP contribution in [0.5, 0.6) is 0 Å². The van der Waals surface area contributed by atoms with Crippen LogP contribution in [0.25, 0.3) is 10.8 Å². The van der Waals surface area contributed by atoms with Gasteiger partial charge in [-0.25, -0.2) is 0 Å². The smallest absolute Gasteiger partial charge is 0.191 e. The summed E-state index contributed by atoms with van der Waals surface area (Å²) in [5.41, 5.74) is 1.26. The molecule has 6 nitrogen and oxygen atoms in total. The van der Waals surface area contributed by atoms with Crippen LogP contribution < -0.4 is 10.6 Å². The van der Waals surface area contributed by atoms with Crippen LogP contribution in [0.3, 0.4) is 0 Å². The van der Waals surface area contributed by atoms with Crippen molar-refractivity contribution < 1.29 is 0 Å². The number of fused-ring (bicyclic) bond motifs is 2. The number of aromatic nitrogens is 3. The normalized spacial score (nSPS) is 17.2. The third kappa shape index (κ3) is 5.11.